The van der Waals surface area contributed by atoms with Crippen LogP contribution in [-0.2, 0) is 6.54 Å². The summed E-state index contributed by atoms with van der Waals surface area (Å²) in [6, 6.07) is 6.18. The standard InChI is InChI=1S/C28H50Cl2N/c1-4-6-8-10-12-14-16-18-22-31(3,23-19-17-15-13-11-9-7-5-2)25-26-20-21-27(29)28(30)24-26/h20-21,24H,4-19,22-23,25H2,1-3H3/q+1. The molecule has 0 bridgehead atoms. The van der Waals surface area contributed by atoms with Crippen LogP contribution in [0.15, 0.2) is 18.2 Å². The lowest BCUT2D eigenvalue weighted by Crippen LogP contribution is -2.44. The summed E-state index contributed by atoms with van der Waals surface area (Å²) in [7, 11) is 2.45. The van der Waals surface area contributed by atoms with E-state index in [9.17, 15) is 0 Å². The molecule has 1 aromatic rings. The second kappa shape index (κ2) is 18.2. The van der Waals surface area contributed by atoms with Crippen LogP contribution in [0.5, 0.6) is 0 Å². The minimum Gasteiger partial charge on any atom is -0.322 e. The van der Waals surface area contributed by atoms with Crippen molar-refractivity contribution < 1.29 is 4.48 Å². The van der Waals surface area contributed by atoms with Crippen LogP contribution in [0.1, 0.15) is 122 Å². The Hall–Kier alpha value is -0.240. The van der Waals surface area contributed by atoms with Gasteiger partial charge in [-0.1, -0.05) is 120 Å². The third-order valence-electron chi connectivity index (χ3n) is 6.65. The average molecular weight is 472 g/mol. The van der Waals surface area contributed by atoms with Gasteiger partial charge in [-0.3, -0.25) is 0 Å². The summed E-state index contributed by atoms with van der Waals surface area (Å²) >= 11 is 12.4. The molecule has 0 radical (unpaired) electrons. The van der Waals surface area contributed by atoms with Crippen molar-refractivity contribution in [3.05, 3.63) is 33.8 Å². The molecule has 0 saturated carbocycles. The molecule has 0 aromatic heterocycles. The molecule has 1 nitrogen and oxygen atoms in total. The minimum absolute atomic E-state index is 0.658. The molecule has 0 aliphatic heterocycles. The van der Waals surface area contributed by atoms with E-state index >= 15 is 0 Å². The molecule has 31 heavy (non-hydrogen) atoms. The maximum atomic E-state index is 6.30. The van der Waals surface area contributed by atoms with Crippen LogP contribution in [0.3, 0.4) is 0 Å². The van der Waals surface area contributed by atoms with Gasteiger partial charge in [0.05, 0.1) is 30.2 Å². The Kier molecular flexibility index (Phi) is 16.9. The number of nitrogens with zero attached hydrogens (tertiary/aromatic N) is 1. The highest BCUT2D eigenvalue weighted by Crippen LogP contribution is 2.25. The summed E-state index contributed by atoms with van der Waals surface area (Å²) < 4.78 is 1.13. The molecule has 0 atom stereocenters. The molecule has 3 heteroatoms. The van der Waals surface area contributed by atoms with Gasteiger partial charge in [0.2, 0.25) is 0 Å². The molecule has 0 spiro atoms. The summed E-state index contributed by atoms with van der Waals surface area (Å²) in [6.45, 7) is 8.18. The van der Waals surface area contributed by atoms with Gasteiger partial charge in [-0.15, -0.1) is 0 Å². The fraction of sp³-hybridized carbons (Fsp3) is 0.786. The molecule has 180 valence electrons. The first-order valence-corrected chi connectivity index (χ1v) is 14.0. The van der Waals surface area contributed by atoms with Crippen molar-refractivity contribution in [3.8, 4) is 0 Å². The zero-order chi connectivity index (χ0) is 22.8. The molecule has 0 N–H and O–H groups in total. The van der Waals surface area contributed by atoms with E-state index in [0.717, 1.165) is 11.0 Å². The molecule has 0 unspecified atom stereocenters. The highest BCUT2D eigenvalue weighted by atomic mass is 35.5. The van der Waals surface area contributed by atoms with Crippen LogP contribution in [0.2, 0.25) is 10.0 Å². The second-order valence-electron chi connectivity index (χ2n) is 9.92. The molecular formula is C28H50Cl2N+. The molecule has 0 aliphatic carbocycles. The third kappa shape index (κ3) is 14.5. The number of rotatable bonds is 20. The Morgan fingerprint density at radius 2 is 1.00 bits per heavy atom. The largest absolute Gasteiger partial charge is 0.322 e. The van der Waals surface area contributed by atoms with Crippen molar-refractivity contribution in [2.75, 3.05) is 20.1 Å². The van der Waals surface area contributed by atoms with Crippen LogP contribution in [-0.4, -0.2) is 24.6 Å². The maximum absolute atomic E-state index is 6.30. The number of halogens is 2. The van der Waals surface area contributed by atoms with Crippen LogP contribution >= 0.6 is 23.2 Å². The van der Waals surface area contributed by atoms with Gasteiger partial charge in [0.1, 0.15) is 6.54 Å². The molecule has 0 fully saturated rings. The van der Waals surface area contributed by atoms with Gasteiger partial charge >= 0.3 is 0 Å². The first-order chi connectivity index (χ1) is 15.0. The summed E-state index contributed by atoms with van der Waals surface area (Å²) in [5, 5.41) is 1.34. The lowest BCUT2D eigenvalue weighted by atomic mass is 10.1. The van der Waals surface area contributed by atoms with E-state index in [0.29, 0.717) is 10.0 Å². The number of benzene rings is 1. The smallest absolute Gasteiger partial charge is 0.104 e. The molecule has 0 heterocycles. The number of unbranched alkanes of at least 4 members (excludes halogenated alkanes) is 14. The van der Waals surface area contributed by atoms with Crippen LogP contribution < -0.4 is 0 Å². The van der Waals surface area contributed by atoms with Crippen molar-refractivity contribution in [1.29, 1.82) is 0 Å². The molecule has 1 rings (SSSR count). The van der Waals surface area contributed by atoms with E-state index in [-0.39, 0.29) is 0 Å². The fourth-order valence-corrected chi connectivity index (χ4v) is 4.92. The van der Waals surface area contributed by atoms with Gasteiger partial charge < -0.3 is 4.48 Å². The predicted molar refractivity (Wildman–Crippen MR) is 141 cm³/mol. The van der Waals surface area contributed by atoms with Gasteiger partial charge in [0.15, 0.2) is 0 Å². The Morgan fingerprint density at radius 3 is 1.42 bits per heavy atom. The van der Waals surface area contributed by atoms with Gasteiger partial charge in [-0.25, -0.2) is 0 Å². The normalized spacial score (nSPS) is 11.9. The van der Waals surface area contributed by atoms with E-state index in [1.165, 1.54) is 121 Å². The van der Waals surface area contributed by atoms with E-state index in [1.54, 1.807) is 0 Å². The van der Waals surface area contributed by atoms with Gasteiger partial charge in [-0.2, -0.15) is 0 Å². The third-order valence-corrected chi connectivity index (χ3v) is 7.39. The molecular weight excluding hydrogens is 421 g/mol. The summed E-state index contributed by atoms with van der Waals surface area (Å²) in [5.74, 6) is 0. The fourth-order valence-electron chi connectivity index (χ4n) is 4.60. The molecule has 0 saturated heterocycles. The summed E-state index contributed by atoms with van der Waals surface area (Å²) in [4.78, 5) is 0. The van der Waals surface area contributed by atoms with Gasteiger partial charge in [-0.05, 0) is 37.8 Å². The SMILES string of the molecule is CCCCCCCCCC[N+](C)(CCCCCCCCCC)Cc1ccc(Cl)c(Cl)c1. The lowest BCUT2D eigenvalue weighted by molar-refractivity contribution is -0.923. The zero-order valence-electron chi connectivity index (χ0n) is 20.9. The molecule has 0 amide bonds. The van der Waals surface area contributed by atoms with Crippen LogP contribution in [0.25, 0.3) is 0 Å². The summed E-state index contributed by atoms with van der Waals surface area (Å²) in [5.41, 5.74) is 1.32. The van der Waals surface area contributed by atoms with E-state index in [4.69, 9.17) is 23.2 Å². The molecule has 1 aromatic carbocycles. The maximum Gasteiger partial charge on any atom is 0.104 e. The Labute approximate surface area is 204 Å². The van der Waals surface area contributed by atoms with Crippen LogP contribution in [0.4, 0.5) is 0 Å². The van der Waals surface area contributed by atoms with Crippen molar-refractivity contribution in [3.63, 3.8) is 0 Å². The van der Waals surface area contributed by atoms with Gasteiger partial charge in [0, 0.05) is 5.56 Å². The number of quaternary nitrogens is 1. The van der Waals surface area contributed by atoms with E-state index in [2.05, 4.69) is 33.0 Å². The van der Waals surface area contributed by atoms with Crippen molar-refractivity contribution >= 4 is 23.2 Å². The summed E-state index contributed by atoms with van der Waals surface area (Å²) in [6.07, 6.45) is 22.2. The Balaban J connectivity index is 2.43. The number of hydrogen-bond acceptors (Lipinski definition) is 0. The predicted octanol–water partition coefficient (Wildman–Crippen LogP) is 10.2. The topological polar surface area (TPSA) is 0 Å². The highest BCUT2D eigenvalue weighted by molar-refractivity contribution is 6.42. The van der Waals surface area contributed by atoms with Crippen molar-refractivity contribution in [2.24, 2.45) is 0 Å². The van der Waals surface area contributed by atoms with Crippen molar-refractivity contribution in [2.45, 2.75) is 123 Å². The van der Waals surface area contributed by atoms with E-state index < -0.39 is 0 Å². The zero-order valence-corrected chi connectivity index (χ0v) is 22.4. The minimum atomic E-state index is 0.658. The van der Waals surface area contributed by atoms with Crippen molar-refractivity contribution in [1.82, 2.24) is 0 Å². The first-order valence-electron chi connectivity index (χ1n) is 13.3. The highest BCUT2D eigenvalue weighted by Gasteiger charge is 2.22. The monoisotopic (exact) mass is 470 g/mol. The van der Waals surface area contributed by atoms with Crippen LogP contribution in [0, 0.1) is 0 Å². The van der Waals surface area contributed by atoms with E-state index in [1.807, 2.05) is 6.07 Å². The lowest BCUT2D eigenvalue weighted by Gasteiger charge is -2.35. The first kappa shape index (κ1) is 28.8. The second-order valence-corrected chi connectivity index (χ2v) is 10.7. The average Bonchev–Trinajstić information content (AvgIpc) is 2.75. The molecule has 0 aliphatic rings. The quantitative estimate of drug-likeness (QED) is 0.131. The number of hydrogen-bond donors (Lipinski definition) is 0. The Bertz CT molecular complexity index is 538. The van der Waals surface area contributed by atoms with Gasteiger partial charge in [0.25, 0.3) is 0 Å². The Morgan fingerprint density at radius 1 is 0.581 bits per heavy atom.